The SMILES string of the molecule is CCOc1ccc(NC(=O)c2cc3ccccc3c(N=Nc3cc(Cl)c(CC)c(S(=O)(=O)O)c3)c2[O-])c(Cl)c1.[Na+]. The predicted octanol–water partition coefficient (Wildman–Crippen LogP) is 4.10. The molecule has 0 bridgehead atoms. The zero-order valence-corrected chi connectivity index (χ0v) is 26.1. The predicted molar refractivity (Wildman–Crippen MR) is 149 cm³/mol. The number of benzene rings is 4. The van der Waals surface area contributed by atoms with Crippen molar-refractivity contribution in [2.24, 2.45) is 10.2 Å². The van der Waals surface area contributed by atoms with Gasteiger partial charge in [-0.2, -0.15) is 18.6 Å². The van der Waals surface area contributed by atoms with E-state index in [0.717, 1.165) is 6.07 Å². The summed E-state index contributed by atoms with van der Waals surface area (Å²) in [4.78, 5) is 12.7. The van der Waals surface area contributed by atoms with Gasteiger partial charge < -0.3 is 15.2 Å². The first-order valence-corrected chi connectivity index (χ1v) is 13.9. The van der Waals surface area contributed by atoms with Crippen LogP contribution in [0.1, 0.15) is 29.8 Å². The zero-order chi connectivity index (χ0) is 28.3. The summed E-state index contributed by atoms with van der Waals surface area (Å²) in [6.07, 6.45) is 0.246. The van der Waals surface area contributed by atoms with Gasteiger partial charge in [0.25, 0.3) is 16.0 Å². The topological polar surface area (TPSA) is 140 Å². The van der Waals surface area contributed by atoms with Crippen molar-refractivity contribution in [3.63, 3.8) is 0 Å². The second-order valence-corrected chi connectivity index (χ2v) is 10.5. The molecule has 0 heterocycles. The molecule has 0 aliphatic heterocycles. The van der Waals surface area contributed by atoms with Crippen LogP contribution in [0.2, 0.25) is 10.0 Å². The number of nitrogens with one attached hydrogen (secondary N) is 1. The molecule has 0 fully saturated rings. The van der Waals surface area contributed by atoms with Gasteiger partial charge in [0, 0.05) is 22.0 Å². The Labute approximate surface area is 263 Å². The van der Waals surface area contributed by atoms with Gasteiger partial charge in [-0.15, -0.1) is 0 Å². The van der Waals surface area contributed by atoms with Crippen LogP contribution in [0.5, 0.6) is 11.5 Å². The fraction of sp³-hybridized carbons (Fsp3) is 0.148. The summed E-state index contributed by atoms with van der Waals surface area (Å²) < 4.78 is 38.8. The third-order valence-corrected chi connectivity index (χ3v) is 7.33. The molecule has 0 aliphatic carbocycles. The Morgan fingerprint density at radius 1 is 1.02 bits per heavy atom. The summed E-state index contributed by atoms with van der Waals surface area (Å²) in [5.41, 5.74) is 0.152. The summed E-state index contributed by atoms with van der Waals surface area (Å²) in [6.45, 7) is 3.96. The first kappa shape index (κ1) is 31.8. The summed E-state index contributed by atoms with van der Waals surface area (Å²) in [6, 6.07) is 15.5. The molecule has 4 aromatic carbocycles. The van der Waals surface area contributed by atoms with Crippen molar-refractivity contribution in [3.05, 3.63) is 81.8 Å². The van der Waals surface area contributed by atoms with Gasteiger partial charge in [-0.1, -0.05) is 60.1 Å². The monoisotopic (exact) mass is 609 g/mol. The molecule has 9 nitrogen and oxygen atoms in total. The Hall–Kier alpha value is -2.70. The number of nitrogens with zero attached hydrogens (tertiary/aromatic N) is 2. The van der Waals surface area contributed by atoms with Crippen molar-refractivity contribution < 1.29 is 57.2 Å². The summed E-state index contributed by atoms with van der Waals surface area (Å²) >= 11 is 12.5. The van der Waals surface area contributed by atoms with Crippen molar-refractivity contribution in [1.82, 2.24) is 0 Å². The minimum Gasteiger partial charge on any atom is -0.870 e. The average Bonchev–Trinajstić information content (AvgIpc) is 2.88. The molecular formula is C27H22Cl2N3NaO6S. The quantitative estimate of drug-likeness (QED) is 0.175. The van der Waals surface area contributed by atoms with E-state index in [9.17, 15) is 22.9 Å². The van der Waals surface area contributed by atoms with Crippen LogP contribution in [0.3, 0.4) is 0 Å². The Morgan fingerprint density at radius 2 is 1.75 bits per heavy atom. The molecule has 0 saturated heterocycles. The van der Waals surface area contributed by atoms with Crippen molar-refractivity contribution in [2.75, 3.05) is 11.9 Å². The number of carbonyl (C=O) groups is 1. The molecule has 0 spiro atoms. The van der Waals surface area contributed by atoms with E-state index >= 15 is 0 Å². The van der Waals surface area contributed by atoms with Gasteiger partial charge in [0.2, 0.25) is 0 Å². The van der Waals surface area contributed by atoms with Crippen LogP contribution in [0, 0.1) is 0 Å². The summed E-state index contributed by atoms with van der Waals surface area (Å²) in [5, 5.41) is 25.4. The summed E-state index contributed by atoms with van der Waals surface area (Å²) in [7, 11) is -4.59. The number of azo groups is 1. The Morgan fingerprint density at radius 3 is 2.40 bits per heavy atom. The molecule has 0 aromatic heterocycles. The number of anilines is 1. The van der Waals surface area contributed by atoms with E-state index in [1.54, 1.807) is 49.4 Å². The summed E-state index contributed by atoms with van der Waals surface area (Å²) in [5.74, 6) is -0.886. The Bertz CT molecular complexity index is 1730. The average molecular weight is 610 g/mol. The fourth-order valence-electron chi connectivity index (χ4n) is 3.96. The molecule has 40 heavy (non-hydrogen) atoms. The van der Waals surface area contributed by atoms with Crippen molar-refractivity contribution >= 4 is 67.1 Å². The molecular weight excluding hydrogens is 588 g/mol. The first-order valence-electron chi connectivity index (χ1n) is 11.7. The molecule has 1 amide bonds. The van der Waals surface area contributed by atoms with Crippen molar-refractivity contribution in [1.29, 1.82) is 0 Å². The van der Waals surface area contributed by atoms with Gasteiger partial charge in [-0.05, 0) is 54.6 Å². The van der Waals surface area contributed by atoms with E-state index in [4.69, 9.17) is 27.9 Å². The molecule has 4 aromatic rings. The number of halogens is 2. The largest absolute Gasteiger partial charge is 1.00 e. The molecule has 202 valence electrons. The second kappa shape index (κ2) is 13.3. The molecule has 0 aliphatic rings. The van der Waals surface area contributed by atoms with E-state index in [0.29, 0.717) is 23.1 Å². The molecule has 4 rings (SSSR count). The van der Waals surface area contributed by atoms with E-state index in [1.165, 1.54) is 12.1 Å². The van der Waals surface area contributed by atoms with Gasteiger partial charge in [0.1, 0.15) is 10.6 Å². The maximum atomic E-state index is 13.4. The van der Waals surface area contributed by atoms with Crippen LogP contribution < -0.4 is 44.7 Å². The zero-order valence-electron chi connectivity index (χ0n) is 21.7. The maximum Gasteiger partial charge on any atom is 1.00 e. The van der Waals surface area contributed by atoms with Crippen LogP contribution in [0.25, 0.3) is 10.8 Å². The van der Waals surface area contributed by atoms with Crippen molar-refractivity contribution in [3.8, 4) is 11.5 Å². The fourth-order valence-corrected chi connectivity index (χ4v) is 5.41. The van der Waals surface area contributed by atoms with E-state index in [2.05, 4.69) is 15.5 Å². The number of amides is 1. The van der Waals surface area contributed by atoms with E-state index in [-0.39, 0.29) is 74.2 Å². The molecule has 0 radical (unpaired) electrons. The number of carbonyl (C=O) groups excluding carboxylic acids is 1. The Balaban J connectivity index is 0.00000441. The normalized spacial score (nSPS) is 11.4. The van der Waals surface area contributed by atoms with Crippen LogP contribution in [0.15, 0.2) is 75.8 Å². The van der Waals surface area contributed by atoms with Gasteiger partial charge in [0.05, 0.1) is 28.7 Å². The van der Waals surface area contributed by atoms with Crippen LogP contribution in [0.4, 0.5) is 17.1 Å². The third kappa shape index (κ3) is 6.95. The maximum absolute atomic E-state index is 13.4. The van der Waals surface area contributed by atoms with Gasteiger partial charge >= 0.3 is 29.6 Å². The van der Waals surface area contributed by atoms with Crippen LogP contribution in [-0.4, -0.2) is 25.5 Å². The second-order valence-electron chi connectivity index (χ2n) is 8.28. The number of ether oxygens (including phenoxy) is 1. The molecule has 0 saturated carbocycles. The van der Waals surface area contributed by atoms with Gasteiger partial charge in [-0.3, -0.25) is 9.35 Å². The molecule has 0 atom stereocenters. The standard InChI is InChI=1S/C27H23Cl2N3O6S.Na/c1-3-18-21(28)12-16(13-24(18)39(35,36)37)31-32-25-19-8-6-5-7-15(19)11-20(26(25)33)27(34)30-23-10-9-17(38-4-2)14-22(23)29;/h5-14,33H,3-4H2,1-2H3,(H,30,34)(H,35,36,37);/q;+1/p-1. The number of fused-ring (bicyclic) bond motifs is 1. The van der Waals surface area contributed by atoms with E-state index in [1.807, 2.05) is 6.92 Å². The molecule has 13 heteroatoms. The molecule has 0 unspecified atom stereocenters. The number of hydrogen-bond donors (Lipinski definition) is 2. The smallest absolute Gasteiger partial charge is 0.870 e. The van der Waals surface area contributed by atoms with Gasteiger partial charge in [-0.25, -0.2) is 0 Å². The van der Waals surface area contributed by atoms with Crippen molar-refractivity contribution in [2.45, 2.75) is 25.2 Å². The number of hydrogen-bond acceptors (Lipinski definition) is 7. The third-order valence-electron chi connectivity index (χ3n) is 5.76. The Kier molecular flexibility index (Phi) is 10.6. The minimum atomic E-state index is -4.59. The van der Waals surface area contributed by atoms with Crippen LogP contribution in [-0.2, 0) is 16.5 Å². The van der Waals surface area contributed by atoms with Gasteiger partial charge in [0.15, 0.2) is 0 Å². The molecule has 2 N–H and O–H groups in total. The minimum absolute atomic E-state index is 0. The van der Waals surface area contributed by atoms with E-state index < -0.39 is 26.7 Å². The number of rotatable bonds is 8. The van der Waals surface area contributed by atoms with Crippen LogP contribution >= 0.6 is 23.2 Å². The first-order chi connectivity index (χ1) is 18.5.